The maximum Gasteiger partial charge on any atom is 0.265 e. The van der Waals surface area contributed by atoms with Gasteiger partial charge in [-0.1, -0.05) is 11.6 Å². The van der Waals surface area contributed by atoms with E-state index in [1.165, 1.54) is 23.1 Å². The molecule has 0 atom stereocenters. The van der Waals surface area contributed by atoms with Gasteiger partial charge in [0.05, 0.1) is 23.7 Å². The van der Waals surface area contributed by atoms with Crippen LogP contribution in [0, 0.1) is 0 Å². The summed E-state index contributed by atoms with van der Waals surface area (Å²) >= 11 is 0. The van der Waals surface area contributed by atoms with E-state index in [2.05, 4.69) is 14.9 Å². The maximum absolute atomic E-state index is 13.0. The van der Waals surface area contributed by atoms with Crippen molar-refractivity contribution in [3.05, 3.63) is 54.2 Å². The summed E-state index contributed by atoms with van der Waals surface area (Å²) in [4.78, 5) is 18.5. The number of aromatic nitrogens is 2. The number of carbonyl (C=O) groups is 1. The summed E-state index contributed by atoms with van der Waals surface area (Å²) in [5.74, 6) is 1.95. The van der Waals surface area contributed by atoms with Gasteiger partial charge in [0.25, 0.3) is 15.9 Å². The highest BCUT2D eigenvalue weighted by atomic mass is 32.2. The molecular weight excluding hydrogens is 460 g/mol. The Bertz CT molecular complexity index is 1300. The topological polar surface area (TPSA) is 124 Å². The molecule has 11 heteroatoms. The zero-order valence-corrected chi connectivity index (χ0v) is 19.4. The third-order valence-corrected chi connectivity index (χ3v) is 7.22. The summed E-state index contributed by atoms with van der Waals surface area (Å²) in [6.45, 7) is 2.29. The van der Waals surface area contributed by atoms with Crippen LogP contribution in [0.1, 0.15) is 43.8 Å². The first-order chi connectivity index (χ1) is 16.4. The van der Waals surface area contributed by atoms with Crippen LogP contribution in [0.25, 0.3) is 0 Å². The lowest BCUT2D eigenvalue weighted by molar-refractivity contribution is -0.121. The SMILES string of the molecule is CCOc1ccc(NS(=O)(=O)c2ccc3c(c2)N(Cc2noc(C4CCC4)n2)C(=O)CO3)cc1. The Labute approximate surface area is 196 Å². The standard InChI is InChI=1S/C23H24N4O6S/c1-2-31-17-8-6-16(7-9-17)26-34(29,30)18-10-11-20-19(12-18)27(22(28)14-32-20)13-21-24-23(33-25-21)15-4-3-5-15/h6-12,15,26H,2-5,13-14H2,1H3. The molecule has 1 aliphatic carbocycles. The number of nitrogens with zero attached hydrogens (tertiary/aromatic N) is 3. The fourth-order valence-corrected chi connectivity index (χ4v) is 4.89. The van der Waals surface area contributed by atoms with E-state index in [9.17, 15) is 13.2 Å². The molecule has 10 nitrogen and oxygen atoms in total. The van der Waals surface area contributed by atoms with Crippen LogP contribution in [0.15, 0.2) is 51.9 Å². The van der Waals surface area contributed by atoms with Crippen molar-refractivity contribution in [3.8, 4) is 11.5 Å². The van der Waals surface area contributed by atoms with E-state index in [4.69, 9.17) is 14.0 Å². The zero-order valence-electron chi connectivity index (χ0n) is 18.6. The van der Waals surface area contributed by atoms with Crippen molar-refractivity contribution in [2.45, 2.75) is 43.5 Å². The number of hydrogen-bond acceptors (Lipinski definition) is 8. The van der Waals surface area contributed by atoms with E-state index in [1.807, 2.05) is 6.92 Å². The molecule has 1 N–H and O–H groups in total. The van der Waals surface area contributed by atoms with Gasteiger partial charge >= 0.3 is 0 Å². The third kappa shape index (κ3) is 4.43. The molecule has 3 aromatic rings. The van der Waals surface area contributed by atoms with E-state index < -0.39 is 10.0 Å². The van der Waals surface area contributed by atoms with Crippen molar-refractivity contribution in [3.63, 3.8) is 0 Å². The van der Waals surface area contributed by atoms with Crippen LogP contribution >= 0.6 is 0 Å². The number of anilines is 2. The Hall–Kier alpha value is -3.60. The fourth-order valence-electron chi connectivity index (χ4n) is 3.82. The minimum absolute atomic E-state index is 0.00768. The van der Waals surface area contributed by atoms with E-state index in [1.54, 1.807) is 24.3 Å². The quantitative estimate of drug-likeness (QED) is 0.516. The monoisotopic (exact) mass is 484 g/mol. The predicted octanol–water partition coefficient (Wildman–Crippen LogP) is 3.46. The van der Waals surface area contributed by atoms with E-state index in [0.717, 1.165) is 19.3 Å². The van der Waals surface area contributed by atoms with Crippen molar-refractivity contribution in [2.75, 3.05) is 22.8 Å². The molecule has 0 saturated heterocycles. The molecule has 1 fully saturated rings. The molecule has 1 aromatic heterocycles. The Morgan fingerprint density at radius 2 is 1.97 bits per heavy atom. The summed E-state index contributed by atoms with van der Waals surface area (Å²) in [5, 5.41) is 4.01. The van der Waals surface area contributed by atoms with E-state index in [-0.39, 0.29) is 29.9 Å². The van der Waals surface area contributed by atoms with Gasteiger partial charge in [0.1, 0.15) is 11.5 Å². The first-order valence-electron chi connectivity index (χ1n) is 11.1. The largest absolute Gasteiger partial charge is 0.494 e. The smallest absolute Gasteiger partial charge is 0.265 e. The number of rotatable bonds is 8. The van der Waals surface area contributed by atoms with Crippen LogP contribution in [0.2, 0.25) is 0 Å². The number of ether oxygens (including phenoxy) is 2. The third-order valence-electron chi connectivity index (χ3n) is 5.84. The van der Waals surface area contributed by atoms with Crippen LogP contribution in [0.4, 0.5) is 11.4 Å². The van der Waals surface area contributed by atoms with Crippen LogP contribution < -0.4 is 19.1 Å². The summed E-state index contributed by atoms with van der Waals surface area (Å²) in [5.41, 5.74) is 0.724. The lowest BCUT2D eigenvalue weighted by Gasteiger charge is -2.28. The zero-order chi connectivity index (χ0) is 23.7. The average Bonchev–Trinajstić information content (AvgIpc) is 3.23. The van der Waals surface area contributed by atoms with Crippen molar-refractivity contribution in [2.24, 2.45) is 0 Å². The number of hydrogen-bond donors (Lipinski definition) is 1. The average molecular weight is 485 g/mol. The van der Waals surface area contributed by atoms with Crippen molar-refractivity contribution >= 4 is 27.3 Å². The molecule has 178 valence electrons. The Morgan fingerprint density at radius 3 is 2.68 bits per heavy atom. The van der Waals surface area contributed by atoms with Crippen LogP contribution in [0.5, 0.6) is 11.5 Å². The Balaban J connectivity index is 1.38. The molecule has 0 unspecified atom stereocenters. The molecule has 5 rings (SSSR count). The number of carbonyl (C=O) groups excluding carboxylic acids is 1. The second kappa shape index (κ2) is 8.98. The lowest BCUT2D eigenvalue weighted by atomic mass is 9.85. The van der Waals surface area contributed by atoms with Gasteiger partial charge in [-0.2, -0.15) is 4.98 Å². The number of nitrogens with one attached hydrogen (secondary N) is 1. The minimum Gasteiger partial charge on any atom is -0.494 e. The van der Waals surface area contributed by atoms with Gasteiger partial charge in [0, 0.05) is 11.6 Å². The van der Waals surface area contributed by atoms with E-state index >= 15 is 0 Å². The second-order valence-electron chi connectivity index (χ2n) is 8.14. The molecule has 1 saturated carbocycles. The molecule has 2 heterocycles. The lowest BCUT2D eigenvalue weighted by Crippen LogP contribution is -2.38. The summed E-state index contributed by atoms with van der Waals surface area (Å²) in [6, 6.07) is 11.0. The van der Waals surface area contributed by atoms with Gasteiger partial charge < -0.3 is 14.0 Å². The summed E-state index contributed by atoms with van der Waals surface area (Å²) in [6.07, 6.45) is 3.17. The van der Waals surface area contributed by atoms with Crippen molar-refractivity contribution in [1.82, 2.24) is 10.1 Å². The molecule has 2 aromatic carbocycles. The molecule has 0 radical (unpaired) electrons. The Kier molecular flexibility index (Phi) is 5.86. The summed E-state index contributed by atoms with van der Waals surface area (Å²) < 4.78 is 44.9. The Morgan fingerprint density at radius 1 is 1.18 bits per heavy atom. The van der Waals surface area contributed by atoms with Crippen molar-refractivity contribution in [1.29, 1.82) is 0 Å². The molecule has 1 amide bonds. The number of benzene rings is 2. The molecule has 2 aliphatic rings. The highest BCUT2D eigenvalue weighted by Crippen LogP contribution is 2.37. The van der Waals surface area contributed by atoms with Gasteiger partial charge in [0.15, 0.2) is 12.4 Å². The number of amides is 1. The highest BCUT2D eigenvalue weighted by Gasteiger charge is 2.30. The minimum atomic E-state index is -3.92. The van der Waals surface area contributed by atoms with Gasteiger partial charge in [-0.3, -0.25) is 14.4 Å². The van der Waals surface area contributed by atoms with Gasteiger partial charge in [-0.15, -0.1) is 0 Å². The molecular formula is C23H24N4O6S. The van der Waals surface area contributed by atoms with Crippen LogP contribution in [-0.2, 0) is 21.4 Å². The number of fused-ring (bicyclic) bond motifs is 1. The molecule has 1 aliphatic heterocycles. The highest BCUT2D eigenvalue weighted by molar-refractivity contribution is 7.92. The molecule has 34 heavy (non-hydrogen) atoms. The summed E-state index contributed by atoms with van der Waals surface area (Å²) in [7, 11) is -3.92. The second-order valence-corrected chi connectivity index (χ2v) is 9.82. The normalized spacial score (nSPS) is 15.9. The predicted molar refractivity (Wildman–Crippen MR) is 122 cm³/mol. The first-order valence-corrected chi connectivity index (χ1v) is 12.6. The molecule has 0 spiro atoms. The molecule has 0 bridgehead atoms. The number of sulfonamides is 1. The van der Waals surface area contributed by atoms with Gasteiger partial charge in [0.2, 0.25) is 5.89 Å². The maximum atomic E-state index is 13.0. The van der Waals surface area contributed by atoms with Gasteiger partial charge in [-0.05, 0) is 62.2 Å². The fraction of sp³-hybridized carbons (Fsp3) is 0.348. The van der Waals surface area contributed by atoms with Crippen LogP contribution in [0.3, 0.4) is 0 Å². The van der Waals surface area contributed by atoms with Gasteiger partial charge in [-0.25, -0.2) is 8.42 Å². The van der Waals surface area contributed by atoms with E-state index in [0.29, 0.717) is 41.2 Å². The first kappa shape index (κ1) is 22.2. The van der Waals surface area contributed by atoms with Crippen molar-refractivity contribution < 1.29 is 27.2 Å². The van der Waals surface area contributed by atoms with Crippen LogP contribution in [-0.4, -0.2) is 37.7 Å².